The highest BCUT2D eigenvalue weighted by Gasteiger charge is 2.21. The van der Waals surface area contributed by atoms with Gasteiger partial charge in [-0.3, -0.25) is 15.4 Å². The first kappa shape index (κ1) is 18.5. The predicted octanol–water partition coefficient (Wildman–Crippen LogP) is 2.42. The smallest absolute Gasteiger partial charge is 0.318 e. The molecule has 0 bridgehead atoms. The van der Waals surface area contributed by atoms with E-state index in [9.17, 15) is 18.4 Å². The van der Waals surface area contributed by atoms with E-state index < -0.39 is 29.8 Å². The van der Waals surface area contributed by atoms with Gasteiger partial charge >= 0.3 is 6.03 Å². The van der Waals surface area contributed by atoms with Crippen LogP contribution in [-0.4, -0.2) is 18.0 Å². The van der Waals surface area contributed by atoms with Gasteiger partial charge in [-0.1, -0.05) is 24.3 Å². The van der Waals surface area contributed by atoms with Crippen molar-refractivity contribution in [2.45, 2.75) is 25.4 Å². The molecular formula is C18H19F2N3O2. The predicted molar refractivity (Wildman–Crippen MR) is 89.6 cm³/mol. The fourth-order valence-electron chi connectivity index (χ4n) is 2.50. The van der Waals surface area contributed by atoms with Crippen molar-refractivity contribution in [3.63, 3.8) is 0 Å². The second-order valence-electron chi connectivity index (χ2n) is 5.68. The van der Waals surface area contributed by atoms with E-state index in [4.69, 9.17) is 5.73 Å². The lowest BCUT2D eigenvalue weighted by Gasteiger charge is -2.23. The van der Waals surface area contributed by atoms with Gasteiger partial charge in [-0.05, 0) is 48.7 Å². The molecule has 2 rings (SSSR count). The molecule has 0 unspecified atom stereocenters. The van der Waals surface area contributed by atoms with Gasteiger partial charge in [0.2, 0.25) is 5.91 Å². The Morgan fingerprint density at radius 2 is 1.72 bits per heavy atom. The van der Waals surface area contributed by atoms with E-state index in [1.54, 1.807) is 31.2 Å². The molecule has 0 saturated carbocycles. The summed E-state index contributed by atoms with van der Waals surface area (Å²) in [4.78, 5) is 22.7. The van der Waals surface area contributed by atoms with Crippen molar-refractivity contribution in [3.8, 4) is 0 Å². The Hall–Kier alpha value is -2.80. The first-order chi connectivity index (χ1) is 11.8. The Balaban J connectivity index is 2.22. The van der Waals surface area contributed by atoms with Crippen LogP contribution in [0.25, 0.3) is 0 Å². The molecule has 4 N–H and O–H groups in total. The molecule has 3 amide bonds. The molecule has 2 aromatic carbocycles. The van der Waals surface area contributed by atoms with Gasteiger partial charge in [-0.2, -0.15) is 0 Å². The number of urea groups is 1. The van der Waals surface area contributed by atoms with Crippen LogP contribution >= 0.6 is 0 Å². The first-order valence-corrected chi connectivity index (χ1v) is 7.71. The van der Waals surface area contributed by atoms with Crippen LogP contribution in [0.5, 0.6) is 0 Å². The first-order valence-electron chi connectivity index (χ1n) is 7.71. The van der Waals surface area contributed by atoms with Gasteiger partial charge in [0.25, 0.3) is 0 Å². The highest BCUT2D eigenvalue weighted by molar-refractivity contribution is 5.96. The molecule has 0 aliphatic heterocycles. The monoisotopic (exact) mass is 347 g/mol. The Morgan fingerprint density at radius 3 is 2.32 bits per heavy atom. The van der Waals surface area contributed by atoms with Crippen LogP contribution in [0.1, 0.15) is 24.1 Å². The van der Waals surface area contributed by atoms with Gasteiger partial charge in [-0.25, -0.2) is 13.6 Å². The lowest BCUT2D eigenvalue weighted by Crippen LogP contribution is -2.47. The molecule has 0 fully saturated rings. The van der Waals surface area contributed by atoms with E-state index in [1.165, 1.54) is 24.3 Å². The fourth-order valence-corrected chi connectivity index (χ4v) is 2.50. The molecule has 0 radical (unpaired) electrons. The zero-order chi connectivity index (χ0) is 18.4. The van der Waals surface area contributed by atoms with Crippen LogP contribution in [-0.2, 0) is 11.2 Å². The zero-order valence-corrected chi connectivity index (χ0v) is 13.6. The quantitative estimate of drug-likeness (QED) is 0.750. The number of benzene rings is 2. The summed E-state index contributed by atoms with van der Waals surface area (Å²) in [6.45, 7) is 1.55. The summed E-state index contributed by atoms with van der Waals surface area (Å²) in [6, 6.07) is 9.76. The summed E-state index contributed by atoms with van der Waals surface area (Å²) in [5.41, 5.74) is 6.23. The number of amides is 3. The van der Waals surface area contributed by atoms with Crippen molar-refractivity contribution in [2.24, 2.45) is 5.73 Å². The van der Waals surface area contributed by atoms with Gasteiger partial charge in [0.1, 0.15) is 11.6 Å². The average Bonchev–Trinajstić information content (AvgIpc) is 2.53. The maximum atomic E-state index is 13.6. The van der Waals surface area contributed by atoms with Crippen LogP contribution < -0.4 is 16.4 Å². The molecule has 0 spiro atoms. The molecule has 0 heterocycles. The molecule has 0 aromatic heterocycles. The largest absolute Gasteiger partial charge is 0.351 e. The van der Waals surface area contributed by atoms with Crippen molar-refractivity contribution in [1.29, 1.82) is 0 Å². The van der Waals surface area contributed by atoms with Crippen molar-refractivity contribution >= 4 is 11.9 Å². The number of hydrogen-bond acceptors (Lipinski definition) is 3. The molecule has 2 aromatic rings. The van der Waals surface area contributed by atoms with E-state index in [2.05, 4.69) is 5.32 Å². The third-order valence-corrected chi connectivity index (χ3v) is 3.67. The van der Waals surface area contributed by atoms with E-state index >= 15 is 0 Å². The number of nitrogens with one attached hydrogen (secondary N) is 2. The highest BCUT2D eigenvalue weighted by Crippen LogP contribution is 2.20. The van der Waals surface area contributed by atoms with Crippen molar-refractivity contribution in [1.82, 2.24) is 10.6 Å². The number of primary amides is 1. The normalized spacial score (nSPS) is 13.1. The van der Waals surface area contributed by atoms with Crippen LogP contribution in [0.2, 0.25) is 0 Å². The summed E-state index contributed by atoms with van der Waals surface area (Å²) in [5, 5.41) is 5.01. The third-order valence-electron chi connectivity index (χ3n) is 3.67. The molecule has 0 aliphatic rings. The molecule has 2 atom stereocenters. The van der Waals surface area contributed by atoms with Gasteiger partial charge < -0.3 is 5.73 Å². The standard InChI is InChI=1S/C18H19F2N3O2/c1-11(17(24)23-18(21)25)22-16(13-5-3-7-15(20)10-13)9-12-4-2-6-14(19)8-12/h2-8,10-11,16,22H,9H2,1H3,(H3,21,23,24,25)/t11-,16+/m0/s1. The minimum absolute atomic E-state index is 0.329. The van der Waals surface area contributed by atoms with Gasteiger partial charge in [0, 0.05) is 6.04 Å². The summed E-state index contributed by atoms with van der Waals surface area (Å²) in [6.07, 6.45) is 0.329. The number of imide groups is 1. The zero-order valence-electron chi connectivity index (χ0n) is 13.6. The minimum Gasteiger partial charge on any atom is -0.351 e. The third kappa shape index (κ3) is 5.65. The second-order valence-corrected chi connectivity index (χ2v) is 5.68. The molecule has 0 saturated heterocycles. The van der Waals surface area contributed by atoms with Gasteiger partial charge in [0.05, 0.1) is 6.04 Å². The van der Waals surface area contributed by atoms with E-state index in [1.807, 2.05) is 5.32 Å². The number of hydrogen-bond donors (Lipinski definition) is 3. The van der Waals surface area contributed by atoms with E-state index in [-0.39, 0.29) is 5.82 Å². The topological polar surface area (TPSA) is 84.2 Å². The summed E-state index contributed by atoms with van der Waals surface area (Å²) >= 11 is 0. The molecular weight excluding hydrogens is 328 g/mol. The van der Waals surface area contributed by atoms with Crippen molar-refractivity contribution < 1.29 is 18.4 Å². The lowest BCUT2D eigenvalue weighted by atomic mass is 9.97. The van der Waals surface area contributed by atoms with Gasteiger partial charge in [-0.15, -0.1) is 0 Å². The molecule has 0 aliphatic carbocycles. The number of nitrogens with two attached hydrogens (primary N) is 1. The molecule has 7 heteroatoms. The maximum Gasteiger partial charge on any atom is 0.318 e. The molecule has 132 valence electrons. The van der Waals surface area contributed by atoms with Crippen molar-refractivity contribution in [2.75, 3.05) is 0 Å². The Kier molecular flexibility index (Phi) is 6.19. The molecule has 5 nitrogen and oxygen atoms in total. The Labute approximate surface area is 144 Å². The summed E-state index contributed by atoms with van der Waals surface area (Å²) in [7, 11) is 0. The number of carbonyl (C=O) groups is 2. The highest BCUT2D eigenvalue weighted by atomic mass is 19.1. The average molecular weight is 347 g/mol. The number of halogens is 2. The van der Waals surface area contributed by atoms with Crippen LogP contribution in [0.15, 0.2) is 48.5 Å². The Morgan fingerprint density at radius 1 is 1.08 bits per heavy atom. The van der Waals surface area contributed by atoms with E-state index in [0.717, 1.165) is 0 Å². The lowest BCUT2D eigenvalue weighted by molar-refractivity contribution is -0.121. The maximum absolute atomic E-state index is 13.6. The SMILES string of the molecule is C[C@H](N[C@H](Cc1cccc(F)c1)c1cccc(F)c1)C(=O)NC(N)=O. The van der Waals surface area contributed by atoms with Gasteiger partial charge in [0.15, 0.2) is 0 Å². The summed E-state index contributed by atoms with van der Waals surface area (Å²) < 4.78 is 27.0. The van der Waals surface area contributed by atoms with Crippen molar-refractivity contribution in [3.05, 3.63) is 71.3 Å². The van der Waals surface area contributed by atoms with E-state index in [0.29, 0.717) is 17.5 Å². The van der Waals surface area contributed by atoms with Crippen LogP contribution in [0.3, 0.4) is 0 Å². The Bertz CT molecular complexity index is 767. The summed E-state index contributed by atoms with van der Waals surface area (Å²) in [5.74, 6) is -1.40. The number of rotatable bonds is 6. The minimum atomic E-state index is -0.953. The second kappa shape index (κ2) is 8.34. The fraction of sp³-hybridized carbons (Fsp3) is 0.222. The number of carbonyl (C=O) groups excluding carboxylic acids is 2. The van der Waals surface area contributed by atoms with Crippen LogP contribution in [0.4, 0.5) is 13.6 Å². The molecule has 25 heavy (non-hydrogen) atoms. The van der Waals surface area contributed by atoms with Crippen LogP contribution in [0, 0.1) is 11.6 Å².